The van der Waals surface area contributed by atoms with E-state index in [-0.39, 0.29) is 0 Å². The molecule has 24 heavy (non-hydrogen) atoms. The van der Waals surface area contributed by atoms with E-state index < -0.39 is 0 Å². The largest absolute Gasteiger partial charge is 0.461 e. The first-order valence-corrected chi connectivity index (χ1v) is 8.13. The van der Waals surface area contributed by atoms with Gasteiger partial charge in [0.05, 0.1) is 0 Å². The van der Waals surface area contributed by atoms with Gasteiger partial charge in [-0.15, -0.1) is 0 Å². The maximum absolute atomic E-state index is 5.91. The van der Waals surface area contributed by atoms with Gasteiger partial charge < -0.3 is 4.74 Å². The summed E-state index contributed by atoms with van der Waals surface area (Å²) in [6.07, 6.45) is 2.14. The number of benzene rings is 3. The molecule has 0 saturated heterocycles. The summed E-state index contributed by atoms with van der Waals surface area (Å²) in [6.45, 7) is 2.00. The Morgan fingerprint density at radius 3 is 1.83 bits per heavy atom. The number of rotatable bonds is 2. The van der Waals surface area contributed by atoms with Crippen LogP contribution < -0.4 is 4.74 Å². The van der Waals surface area contributed by atoms with Crippen LogP contribution in [0.3, 0.4) is 0 Å². The van der Waals surface area contributed by atoms with E-state index in [1.807, 2.05) is 19.1 Å². The van der Waals surface area contributed by atoms with Crippen molar-refractivity contribution in [1.29, 1.82) is 0 Å². The van der Waals surface area contributed by atoms with E-state index in [4.69, 9.17) is 4.74 Å². The van der Waals surface area contributed by atoms with Gasteiger partial charge in [-0.25, -0.2) is 0 Å². The monoisotopic (exact) mass is 310 g/mol. The predicted octanol–water partition coefficient (Wildman–Crippen LogP) is 5.94. The van der Waals surface area contributed by atoms with Crippen LogP contribution in [0.4, 0.5) is 0 Å². The molecule has 0 aromatic heterocycles. The zero-order chi connectivity index (χ0) is 16.4. The minimum absolute atomic E-state index is 0.910. The van der Waals surface area contributed by atoms with Gasteiger partial charge in [0.25, 0.3) is 0 Å². The van der Waals surface area contributed by atoms with Crippen molar-refractivity contribution >= 4 is 11.1 Å². The van der Waals surface area contributed by atoms with Crippen LogP contribution in [-0.4, -0.2) is 0 Å². The van der Waals surface area contributed by atoms with Gasteiger partial charge in [-0.05, 0) is 41.3 Å². The van der Waals surface area contributed by atoms with Crippen molar-refractivity contribution in [3.05, 3.63) is 113 Å². The second kappa shape index (κ2) is 6.21. The first kappa shape index (κ1) is 14.5. The molecule has 0 aliphatic carbocycles. The van der Waals surface area contributed by atoms with Crippen LogP contribution in [0, 0.1) is 0 Å². The number of hydrogen-bond acceptors (Lipinski definition) is 1. The Labute approximate surface area is 142 Å². The van der Waals surface area contributed by atoms with Crippen molar-refractivity contribution in [2.45, 2.75) is 6.92 Å². The van der Waals surface area contributed by atoms with E-state index in [1.54, 1.807) is 0 Å². The highest BCUT2D eigenvalue weighted by molar-refractivity contribution is 6.03. The van der Waals surface area contributed by atoms with E-state index >= 15 is 0 Å². The highest BCUT2D eigenvalue weighted by Gasteiger charge is 2.19. The molecule has 0 amide bonds. The zero-order valence-corrected chi connectivity index (χ0v) is 13.6. The van der Waals surface area contributed by atoms with Gasteiger partial charge in [-0.1, -0.05) is 78.9 Å². The Kier molecular flexibility index (Phi) is 3.76. The number of para-hydroxylation sites is 1. The van der Waals surface area contributed by atoms with Crippen molar-refractivity contribution in [3.63, 3.8) is 0 Å². The lowest BCUT2D eigenvalue weighted by atomic mass is 9.88. The van der Waals surface area contributed by atoms with Gasteiger partial charge in [0.15, 0.2) is 0 Å². The van der Waals surface area contributed by atoms with Crippen molar-refractivity contribution in [2.24, 2.45) is 0 Å². The molecule has 0 fully saturated rings. The molecule has 1 aliphatic rings. The van der Waals surface area contributed by atoms with Gasteiger partial charge in [-0.2, -0.15) is 0 Å². The third-order valence-electron chi connectivity index (χ3n) is 4.19. The molecule has 1 aliphatic heterocycles. The second-order valence-corrected chi connectivity index (χ2v) is 5.87. The standard InChI is InChI=1S/C23H18O/c1-17-16-21(20-14-8-9-15-22(20)24-17)23(18-10-4-2-5-11-18)19-12-6-3-7-13-19/h2-16H,1H3. The minimum atomic E-state index is 0.910. The molecule has 0 atom stereocenters. The highest BCUT2D eigenvalue weighted by Crippen LogP contribution is 2.40. The average molecular weight is 310 g/mol. The Bertz CT molecular complexity index is 877. The van der Waals surface area contributed by atoms with E-state index in [1.165, 1.54) is 22.3 Å². The smallest absolute Gasteiger partial charge is 0.134 e. The van der Waals surface area contributed by atoms with E-state index in [2.05, 4.69) is 78.9 Å². The molecule has 1 nitrogen and oxygen atoms in total. The Morgan fingerprint density at radius 1 is 0.667 bits per heavy atom. The summed E-state index contributed by atoms with van der Waals surface area (Å²) in [5.74, 6) is 1.82. The molecule has 3 aromatic carbocycles. The average Bonchev–Trinajstić information content (AvgIpc) is 2.63. The highest BCUT2D eigenvalue weighted by atomic mass is 16.5. The Hall–Kier alpha value is -3.06. The topological polar surface area (TPSA) is 9.23 Å². The van der Waals surface area contributed by atoms with Gasteiger partial charge in [0.2, 0.25) is 0 Å². The fourth-order valence-corrected chi connectivity index (χ4v) is 3.16. The summed E-state index contributed by atoms with van der Waals surface area (Å²) in [4.78, 5) is 0. The molecule has 0 N–H and O–H groups in total. The van der Waals surface area contributed by atoms with Crippen LogP contribution in [0.2, 0.25) is 0 Å². The molecule has 0 bridgehead atoms. The van der Waals surface area contributed by atoms with Crippen LogP contribution >= 0.6 is 0 Å². The van der Waals surface area contributed by atoms with Crippen LogP contribution in [0.5, 0.6) is 5.75 Å². The molecule has 116 valence electrons. The quantitative estimate of drug-likeness (QED) is 0.569. The molecule has 3 aromatic rings. The lowest BCUT2D eigenvalue weighted by molar-refractivity contribution is 0.422. The number of hydrogen-bond donors (Lipinski definition) is 0. The number of ether oxygens (including phenoxy) is 1. The van der Waals surface area contributed by atoms with Crippen molar-refractivity contribution in [3.8, 4) is 5.75 Å². The third kappa shape index (κ3) is 2.65. The maximum Gasteiger partial charge on any atom is 0.134 e. The van der Waals surface area contributed by atoms with Crippen LogP contribution in [0.15, 0.2) is 96.8 Å². The molecule has 0 spiro atoms. The summed E-state index contributed by atoms with van der Waals surface area (Å²) in [6, 6.07) is 29.3. The zero-order valence-electron chi connectivity index (χ0n) is 13.6. The predicted molar refractivity (Wildman–Crippen MR) is 99.6 cm³/mol. The van der Waals surface area contributed by atoms with Gasteiger partial charge in [0, 0.05) is 5.56 Å². The lowest BCUT2D eigenvalue weighted by Gasteiger charge is -2.22. The fraction of sp³-hybridized carbons (Fsp3) is 0.0435. The molecule has 0 radical (unpaired) electrons. The molecule has 4 rings (SSSR count). The van der Waals surface area contributed by atoms with Crippen LogP contribution in [0.25, 0.3) is 11.1 Å². The third-order valence-corrected chi connectivity index (χ3v) is 4.19. The summed E-state index contributed by atoms with van der Waals surface area (Å²) in [5.41, 5.74) is 5.97. The SMILES string of the molecule is CC1=CC(=C(c2ccccc2)c2ccccc2)c2ccccc2O1. The summed E-state index contributed by atoms with van der Waals surface area (Å²) < 4.78 is 5.91. The maximum atomic E-state index is 5.91. The summed E-state index contributed by atoms with van der Waals surface area (Å²) in [5, 5.41) is 0. The number of fused-ring (bicyclic) bond motifs is 1. The second-order valence-electron chi connectivity index (χ2n) is 5.87. The molecule has 0 unspecified atom stereocenters. The first-order chi connectivity index (χ1) is 11.8. The fourth-order valence-electron chi connectivity index (χ4n) is 3.16. The summed E-state index contributed by atoms with van der Waals surface area (Å²) in [7, 11) is 0. The summed E-state index contributed by atoms with van der Waals surface area (Å²) >= 11 is 0. The van der Waals surface area contributed by atoms with E-state index in [0.29, 0.717) is 0 Å². The van der Waals surface area contributed by atoms with Crippen molar-refractivity contribution in [2.75, 3.05) is 0 Å². The normalized spacial score (nSPS) is 12.9. The lowest BCUT2D eigenvalue weighted by Crippen LogP contribution is -2.04. The van der Waals surface area contributed by atoms with Crippen LogP contribution in [0.1, 0.15) is 23.6 Å². The molecule has 0 saturated carbocycles. The van der Waals surface area contributed by atoms with Gasteiger partial charge in [0.1, 0.15) is 11.5 Å². The van der Waals surface area contributed by atoms with Crippen molar-refractivity contribution in [1.82, 2.24) is 0 Å². The molecular weight excluding hydrogens is 292 g/mol. The van der Waals surface area contributed by atoms with Gasteiger partial charge >= 0.3 is 0 Å². The van der Waals surface area contributed by atoms with E-state index in [9.17, 15) is 0 Å². The number of allylic oxidation sites excluding steroid dienone is 3. The van der Waals surface area contributed by atoms with Gasteiger partial charge in [-0.3, -0.25) is 0 Å². The van der Waals surface area contributed by atoms with Crippen LogP contribution in [-0.2, 0) is 0 Å². The van der Waals surface area contributed by atoms with E-state index in [0.717, 1.165) is 17.1 Å². The molecule has 1 heterocycles. The van der Waals surface area contributed by atoms with Crippen molar-refractivity contribution < 1.29 is 4.74 Å². The minimum Gasteiger partial charge on any atom is -0.461 e. The Balaban J connectivity index is 2.06. The molecular formula is C23H18O. The Morgan fingerprint density at radius 2 is 1.21 bits per heavy atom. The molecule has 1 heteroatoms. The first-order valence-electron chi connectivity index (χ1n) is 8.13.